The van der Waals surface area contributed by atoms with Crippen LogP contribution in [0.4, 0.5) is 18.9 Å². The number of para-hydroxylation sites is 1. The van der Waals surface area contributed by atoms with E-state index in [0.717, 1.165) is 16.4 Å². The molecule has 0 aliphatic heterocycles. The van der Waals surface area contributed by atoms with Crippen LogP contribution in [0.25, 0.3) is 0 Å². The number of anilines is 1. The van der Waals surface area contributed by atoms with Crippen molar-refractivity contribution in [2.24, 2.45) is 0 Å². The zero-order valence-corrected chi connectivity index (χ0v) is 13.2. The van der Waals surface area contributed by atoms with Crippen molar-refractivity contribution in [1.82, 2.24) is 0 Å². The minimum absolute atomic E-state index is 0.0310. The van der Waals surface area contributed by atoms with Crippen molar-refractivity contribution in [3.05, 3.63) is 67.3 Å². The smallest absolute Gasteiger partial charge is 0.406 e. The second kappa shape index (κ2) is 6.96. The molecule has 0 fully saturated rings. The molecule has 4 nitrogen and oxygen atoms in total. The second-order valence-electron chi connectivity index (χ2n) is 4.68. The normalized spacial score (nSPS) is 11.8. The minimum Gasteiger partial charge on any atom is -0.406 e. The lowest BCUT2D eigenvalue weighted by atomic mass is 10.3. The summed E-state index contributed by atoms with van der Waals surface area (Å²) in [5, 5.41) is 0. The van der Waals surface area contributed by atoms with Crippen molar-refractivity contribution in [2.45, 2.75) is 11.3 Å². The number of sulfonamides is 1. The van der Waals surface area contributed by atoms with Gasteiger partial charge >= 0.3 is 6.36 Å². The number of hydrogen-bond donors (Lipinski definition) is 0. The average Bonchev–Trinajstić information content (AvgIpc) is 2.52. The van der Waals surface area contributed by atoms with E-state index in [0.29, 0.717) is 5.69 Å². The van der Waals surface area contributed by atoms with Crippen LogP contribution in [0.2, 0.25) is 0 Å². The molecule has 0 bridgehead atoms. The van der Waals surface area contributed by atoms with Crippen LogP contribution in [0.5, 0.6) is 5.75 Å². The number of hydrogen-bond acceptors (Lipinski definition) is 3. The number of benzene rings is 2. The summed E-state index contributed by atoms with van der Waals surface area (Å²) in [4.78, 5) is -0.310. The summed E-state index contributed by atoms with van der Waals surface area (Å²) in [6.45, 7) is 3.49. The molecule has 0 aliphatic rings. The van der Waals surface area contributed by atoms with E-state index in [1.807, 2.05) is 0 Å². The summed E-state index contributed by atoms with van der Waals surface area (Å²) >= 11 is 0. The summed E-state index contributed by atoms with van der Waals surface area (Å²) in [6.07, 6.45) is -3.51. The third kappa shape index (κ3) is 4.29. The van der Waals surface area contributed by atoms with Crippen LogP contribution < -0.4 is 9.04 Å². The van der Waals surface area contributed by atoms with Crippen LogP contribution in [-0.4, -0.2) is 21.3 Å². The zero-order valence-electron chi connectivity index (χ0n) is 12.4. The Labute approximate surface area is 137 Å². The Morgan fingerprint density at radius 2 is 1.75 bits per heavy atom. The molecule has 0 aromatic heterocycles. The van der Waals surface area contributed by atoms with Gasteiger partial charge in [0.15, 0.2) is 0 Å². The summed E-state index contributed by atoms with van der Waals surface area (Å²) < 4.78 is 67.3. The predicted molar refractivity (Wildman–Crippen MR) is 84.3 cm³/mol. The van der Waals surface area contributed by atoms with Gasteiger partial charge in [0.2, 0.25) is 0 Å². The largest absolute Gasteiger partial charge is 0.573 e. The fourth-order valence-electron chi connectivity index (χ4n) is 2.01. The highest BCUT2D eigenvalue weighted by Gasteiger charge is 2.32. The molecule has 0 amide bonds. The van der Waals surface area contributed by atoms with Gasteiger partial charge in [-0.25, -0.2) is 8.42 Å². The van der Waals surface area contributed by atoms with Gasteiger partial charge in [-0.15, -0.1) is 19.8 Å². The summed E-state index contributed by atoms with van der Waals surface area (Å²) in [6, 6.07) is 12.5. The van der Waals surface area contributed by atoms with Gasteiger partial charge in [0.05, 0.1) is 17.1 Å². The standard InChI is InChI=1S/C16H14F3NO3S/c1-2-11-20(13-7-4-3-5-8-13)24(21,22)15-10-6-9-14(12-15)23-16(17,18)19/h2-10,12H,1,11H2. The molecule has 0 heterocycles. The Bertz CT molecular complexity index is 805. The van der Waals surface area contributed by atoms with E-state index in [1.165, 1.54) is 18.2 Å². The predicted octanol–water partition coefficient (Wildman–Crippen LogP) is 3.97. The van der Waals surface area contributed by atoms with Crippen molar-refractivity contribution in [3.8, 4) is 5.75 Å². The van der Waals surface area contributed by atoms with Gasteiger partial charge in [0.1, 0.15) is 5.75 Å². The Morgan fingerprint density at radius 3 is 2.33 bits per heavy atom. The van der Waals surface area contributed by atoms with Crippen molar-refractivity contribution in [1.29, 1.82) is 0 Å². The average molecular weight is 357 g/mol. The van der Waals surface area contributed by atoms with Gasteiger partial charge in [-0.3, -0.25) is 4.31 Å². The van der Waals surface area contributed by atoms with Gasteiger partial charge in [-0.05, 0) is 24.3 Å². The third-order valence-electron chi connectivity index (χ3n) is 2.97. The molecule has 2 rings (SSSR count). The molecule has 0 saturated carbocycles. The lowest BCUT2D eigenvalue weighted by molar-refractivity contribution is -0.274. The number of ether oxygens (including phenoxy) is 1. The molecular weight excluding hydrogens is 343 g/mol. The van der Waals surface area contributed by atoms with Gasteiger partial charge < -0.3 is 4.74 Å². The van der Waals surface area contributed by atoms with E-state index >= 15 is 0 Å². The van der Waals surface area contributed by atoms with E-state index in [-0.39, 0.29) is 11.4 Å². The maximum atomic E-state index is 12.8. The van der Waals surface area contributed by atoms with Gasteiger partial charge in [-0.2, -0.15) is 0 Å². The van der Waals surface area contributed by atoms with Crippen molar-refractivity contribution < 1.29 is 26.3 Å². The molecule has 0 N–H and O–H groups in total. The fourth-order valence-corrected chi connectivity index (χ4v) is 3.48. The van der Waals surface area contributed by atoms with Crippen molar-refractivity contribution >= 4 is 15.7 Å². The number of rotatable bonds is 6. The van der Waals surface area contributed by atoms with Crippen molar-refractivity contribution in [2.75, 3.05) is 10.8 Å². The first kappa shape index (κ1) is 17.9. The van der Waals surface area contributed by atoms with Crippen LogP contribution in [-0.2, 0) is 10.0 Å². The Kier molecular flexibility index (Phi) is 5.18. The number of nitrogens with zero attached hydrogens (tertiary/aromatic N) is 1. The quantitative estimate of drug-likeness (QED) is 0.735. The van der Waals surface area contributed by atoms with E-state index < -0.39 is 22.1 Å². The van der Waals surface area contributed by atoms with Gasteiger partial charge in [0, 0.05) is 6.07 Å². The lowest BCUT2D eigenvalue weighted by Crippen LogP contribution is -2.31. The molecule has 24 heavy (non-hydrogen) atoms. The first-order chi connectivity index (χ1) is 11.2. The Balaban J connectivity index is 2.44. The molecule has 0 unspecified atom stereocenters. The van der Waals surface area contributed by atoms with Crippen LogP contribution >= 0.6 is 0 Å². The molecule has 128 valence electrons. The van der Waals surface area contributed by atoms with E-state index in [4.69, 9.17) is 0 Å². The first-order valence-electron chi connectivity index (χ1n) is 6.78. The molecule has 2 aromatic carbocycles. The maximum absolute atomic E-state index is 12.8. The monoisotopic (exact) mass is 357 g/mol. The minimum atomic E-state index is -4.90. The number of halogens is 3. The molecular formula is C16H14F3NO3S. The van der Waals surface area contributed by atoms with E-state index in [2.05, 4.69) is 11.3 Å². The first-order valence-corrected chi connectivity index (χ1v) is 8.22. The van der Waals surface area contributed by atoms with Crippen LogP contribution in [0, 0.1) is 0 Å². The van der Waals surface area contributed by atoms with Crippen LogP contribution in [0.1, 0.15) is 0 Å². The molecule has 0 spiro atoms. The highest BCUT2D eigenvalue weighted by atomic mass is 32.2. The summed E-state index contributed by atoms with van der Waals surface area (Å²) in [5.41, 5.74) is 0.375. The lowest BCUT2D eigenvalue weighted by Gasteiger charge is -2.23. The Hall–Kier alpha value is -2.48. The number of alkyl halides is 3. The van der Waals surface area contributed by atoms with Crippen molar-refractivity contribution in [3.63, 3.8) is 0 Å². The Morgan fingerprint density at radius 1 is 1.08 bits per heavy atom. The van der Waals surface area contributed by atoms with Crippen LogP contribution in [0.15, 0.2) is 72.1 Å². The molecule has 0 radical (unpaired) electrons. The SMILES string of the molecule is C=CCN(c1ccccc1)S(=O)(=O)c1cccc(OC(F)(F)F)c1. The molecule has 0 saturated heterocycles. The maximum Gasteiger partial charge on any atom is 0.573 e. The molecule has 0 aliphatic carbocycles. The summed E-state index contributed by atoms with van der Waals surface area (Å²) in [7, 11) is -4.08. The fraction of sp³-hybridized carbons (Fsp3) is 0.125. The highest BCUT2D eigenvalue weighted by Crippen LogP contribution is 2.28. The van der Waals surface area contributed by atoms with E-state index in [1.54, 1.807) is 30.3 Å². The second-order valence-corrected chi connectivity index (χ2v) is 6.55. The molecule has 8 heteroatoms. The third-order valence-corrected chi connectivity index (χ3v) is 4.76. The van der Waals surface area contributed by atoms with Gasteiger partial charge in [-0.1, -0.05) is 30.3 Å². The molecule has 2 aromatic rings. The molecule has 0 atom stereocenters. The van der Waals surface area contributed by atoms with E-state index in [9.17, 15) is 21.6 Å². The van der Waals surface area contributed by atoms with Crippen LogP contribution in [0.3, 0.4) is 0 Å². The zero-order chi connectivity index (χ0) is 17.8. The van der Waals surface area contributed by atoms with Gasteiger partial charge in [0.25, 0.3) is 10.0 Å². The summed E-state index contributed by atoms with van der Waals surface area (Å²) in [5.74, 6) is -0.602. The highest BCUT2D eigenvalue weighted by molar-refractivity contribution is 7.92. The topological polar surface area (TPSA) is 46.6 Å².